The molecule has 0 bridgehead atoms. The van der Waals surface area contributed by atoms with Crippen molar-refractivity contribution >= 4 is 35.9 Å². The molecule has 2 aromatic rings. The fourth-order valence-electron chi connectivity index (χ4n) is 1.82. The van der Waals surface area contributed by atoms with E-state index in [1.165, 1.54) is 0 Å². The summed E-state index contributed by atoms with van der Waals surface area (Å²) in [4.78, 5) is 4.56. The zero-order valence-corrected chi connectivity index (χ0v) is 13.5. The lowest BCUT2D eigenvalue weighted by atomic mass is 10.4. The van der Waals surface area contributed by atoms with Crippen LogP contribution in [0.5, 0.6) is 0 Å². The number of hydrogen-bond acceptors (Lipinski definition) is 2. The minimum atomic E-state index is -2.55. The molecule has 0 saturated carbocycles. The van der Waals surface area contributed by atoms with Crippen LogP contribution in [0, 0.1) is 0 Å². The molecule has 0 fully saturated rings. The quantitative estimate of drug-likeness (QED) is 0.801. The van der Waals surface area contributed by atoms with Gasteiger partial charge in [0.25, 0.3) is 0 Å². The molecule has 0 N–H and O–H groups in total. The van der Waals surface area contributed by atoms with Gasteiger partial charge in [0.2, 0.25) is 0 Å². The summed E-state index contributed by atoms with van der Waals surface area (Å²) >= 11 is 5.86. The molecule has 0 atom stereocenters. The van der Waals surface area contributed by atoms with Crippen molar-refractivity contribution in [2.75, 3.05) is 13.3 Å². The van der Waals surface area contributed by atoms with Gasteiger partial charge in [-0.3, -0.25) is 0 Å². The minimum Gasteiger partial charge on any atom is -0.560 e. The van der Waals surface area contributed by atoms with Crippen molar-refractivity contribution in [3.8, 4) is 0 Å². The molecule has 0 spiro atoms. The summed E-state index contributed by atoms with van der Waals surface area (Å²) < 4.78 is 12.2. The number of nitrogens with zero attached hydrogens (tertiary/aromatic N) is 1. The first kappa shape index (κ1) is 14.7. The maximum Gasteiger partial charge on any atom is -0.00409 e. The van der Waals surface area contributed by atoms with Gasteiger partial charge in [-0.1, -0.05) is 66.9 Å². The van der Waals surface area contributed by atoms with Gasteiger partial charge < -0.3 is 9.42 Å². The van der Waals surface area contributed by atoms with Crippen LogP contribution in [0.2, 0.25) is 0 Å². The van der Waals surface area contributed by atoms with E-state index in [4.69, 9.17) is 11.8 Å². The molecule has 0 aliphatic carbocycles. The summed E-state index contributed by atoms with van der Waals surface area (Å²) in [6.07, 6.45) is -2.35. The van der Waals surface area contributed by atoms with Gasteiger partial charge in [0.15, 0.2) is 0 Å². The topological polar surface area (TPSA) is 31.2 Å². The van der Waals surface area contributed by atoms with E-state index in [1.807, 2.05) is 60.7 Å². The van der Waals surface area contributed by atoms with Crippen LogP contribution in [0.3, 0.4) is 0 Å². The third-order valence-electron chi connectivity index (χ3n) is 2.55. The predicted octanol–water partition coefficient (Wildman–Crippen LogP) is 3.94. The molecule has 0 heterocycles. The van der Waals surface area contributed by atoms with Crippen molar-refractivity contribution in [1.82, 2.24) is 0 Å². The number of rotatable bonds is 4. The molecular formula is C14H16NOP2S-. The van der Waals surface area contributed by atoms with Crippen LogP contribution in [-0.4, -0.2) is 13.3 Å². The Morgan fingerprint density at radius 2 is 1.21 bits per heavy atom. The Kier molecular flexibility index (Phi) is 4.43. The summed E-state index contributed by atoms with van der Waals surface area (Å²) in [6, 6.07) is 19.6. The molecule has 0 amide bonds. The summed E-state index contributed by atoms with van der Waals surface area (Å²) in [6.45, 7) is 3.33. The Bertz CT molecular complexity index is 594. The molecule has 0 unspecified atom stereocenters. The second kappa shape index (κ2) is 5.73. The van der Waals surface area contributed by atoms with Gasteiger partial charge in [-0.25, -0.2) is 0 Å². The molecule has 5 heteroatoms. The maximum absolute atomic E-state index is 12.2. The average Bonchev–Trinajstić information content (AvgIpc) is 2.39. The third kappa shape index (κ3) is 3.64. The Morgan fingerprint density at radius 3 is 1.53 bits per heavy atom. The molecule has 2 rings (SSSR count). The monoisotopic (exact) mass is 308 g/mol. The predicted molar refractivity (Wildman–Crippen MR) is 89.3 cm³/mol. The molecule has 2 aromatic carbocycles. The van der Waals surface area contributed by atoms with Gasteiger partial charge >= 0.3 is 0 Å². The summed E-state index contributed by atoms with van der Waals surface area (Å²) in [5.41, 5.74) is 0. The van der Waals surface area contributed by atoms with E-state index >= 15 is 0 Å². The highest BCUT2D eigenvalue weighted by Crippen LogP contribution is 2.65. The highest BCUT2D eigenvalue weighted by atomic mass is 32.4. The summed E-state index contributed by atoms with van der Waals surface area (Å²) in [7, 11) is -2.55. The molecule has 0 aliphatic heterocycles. The summed E-state index contributed by atoms with van der Waals surface area (Å²) in [5.74, 6) is 0. The Hall–Kier alpha value is -0.720. The fourth-order valence-corrected chi connectivity index (χ4v) is 8.83. The van der Waals surface area contributed by atoms with E-state index in [0.29, 0.717) is 0 Å². The van der Waals surface area contributed by atoms with E-state index in [0.717, 1.165) is 10.6 Å². The normalized spacial score (nSPS) is 12.3. The first-order valence-corrected chi connectivity index (χ1v) is 11.2. The van der Waals surface area contributed by atoms with Crippen molar-refractivity contribution in [3.63, 3.8) is 0 Å². The van der Waals surface area contributed by atoms with E-state index in [-0.39, 0.29) is 0 Å². The van der Waals surface area contributed by atoms with Gasteiger partial charge in [-0.2, -0.15) is 0 Å². The van der Waals surface area contributed by atoms with Gasteiger partial charge in [-0.05, 0) is 31.2 Å². The average molecular weight is 308 g/mol. The van der Waals surface area contributed by atoms with Crippen molar-refractivity contribution in [2.24, 2.45) is 0 Å². The van der Waals surface area contributed by atoms with Crippen LogP contribution in [0.15, 0.2) is 60.7 Å². The molecule has 0 aliphatic rings. The van der Waals surface area contributed by atoms with Crippen LogP contribution < -0.4 is 10.6 Å². The van der Waals surface area contributed by atoms with Gasteiger partial charge in [0, 0.05) is 0 Å². The number of benzene rings is 2. The first-order chi connectivity index (χ1) is 8.92. The molecule has 0 aromatic heterocycles. The molecule has 0 radical (unpaired) electrons. The second-order valence-electron chi connectivity index (χ2n) is 4.63. The molecule has 19 heavy (non-hydrogen) atoms. The lowest BCUT2D eigenvalue weighted by molar-refractivity contribution is 0.587. The van der Waals surface area contributed by atoms with Crippen LogP contribution in [0.25, 0.3) is 4.86 Å². The van der Waals surface area contributed by atoms with E-state index in [1.54, 1.807) is 13.3 Å². The maximum atomic E-state index is 12.2. The molecule has 100 valence electrons. The highest BCUT2D eigenvalue weighted by Gasteiger charge is 2.15. The zero-order valence-electron chi connectivity index (χ0n) is 10.9. The lowest BCUT2D eigenvalue weighted by Gasteiger charge is -2.40. The third-order valence-corrected chi connectivity index (χ3v) is 9.20. The second-order valence-corrected chi connectivity index (χ2v) is 11.7. The molecule has 2 nitrogen and oxygen atoms in total. The minimum absolute atomic E-state index is 0.986. The van der Waals surface area contributed by atoms with Gasteiger partial charge in [-0.15, -0.1) is 11.8 Å². The highest BCUT2D eigenvalue weighted by molar-refractivity contribution is 8.26. The van der Waals surface area contributed by atoms with Crippen molar-refractivity contribution in [2.45, 2.75) is 0 Å². The Morgan fingerprint density at radius 1 is 0.842 bits per heavy atom. The fraction of sp³-hybridized carbons (Fsp3) is 0.143. The smallest absolute Gasteiger partial charge is 0.00409 e. The van der Waals surface area contributed by atoms with Gasteiger partial charge in [0.05, 0.1) is 0 Å². The van der Waals surface area contributed by atoms with Crippen LogP contribution in [0.4, 0.5) is 0 Å². The standard InChI is InChI=1S/C14H16NOP2S/c1-17(2,16)15-18(19,13-9-5-3-6-10-13)14-11-7-4-8-12-14/h3-12H,1-2H3/q-1. The van der Waals surface area contributed by atoms with E-state index in [2.05, 4.69) is 4.86 Å². The van der Waals surface area contributed by atoms with E-state index < -0.39 is 13.5 Å². The Balaban J connectivity index is 2.58. The van der Waals surface area contributed by atoms with Crippen LogP contribution >= 0.6 is 13.5 Å². The molecular weight excluding hydrogens is 292 g/mol. The van der Waals surface area contributed by atoms with Gasteiger partial charge in [0.1, 0.15) is 0 Å². The summed E-state index contributed by atoms with van der Waals surface area (Å²) in [5, 5.41) is 1.97. The van der Waals surface area contributed by atoms with Crippen molar-refractivity contribution in [1.29, 1.82) is 0 Å². The van der Waals surface area contributed by atoms with E-state index in [9.17, 15) is 4.57 Å². The SMILES string of the molecule is CP(C)(=O)[N-]P(=S)(c1ccccc1)c1ccccc1. The number of hydrogen-bond donors (Lipinski definition) is 0. The lowest BCUT2D eigenvalue weighted by Crippen LogP contribution is -2.14. The largest absolute Gasteiger partial charge is 0.560 e. The molecule has 0 saturated heterocycles. The Labute approximate surface area is 119 Å². The van der Waals surface area contributed by atoms with Crippen molar-refractivity contribution in [3.05, 3.63) is 65.5 Å². The van der Waals surface area contributed by atoms with Crippen LogP contribution in [0.1, 0.15) is 0 Å². The van der Waals surface area contributed by atoms with Crippen LogP contribution in [-0.2, 0) is 16.4 Å². The first-order valence-electron chi connectivity index (χ1n) is 5.93. The van der Waals surface area contributed by atoms with Crippen molar-refractivity contribution < 1.29 is 4.57 Å². The zero-order chi connectivity index (χ0) is 13.9.